The van der Waals surface area contributed by atoms with Gasteiger partial charge in [-0.3, -0.25) is 0 Å². The highest BCUT2D eigenvalue weighted by atomic mass is 16.5. The van der Waals surface area contributed by atoms with Crippen LogP contribution in [0.25, 0.3) is 11.3 Å². The number of H-pyrrole nitrogens is 1. The number of nitrogens with zero attached hydrogens (tertiary/aromatic N) is 2. The van der Waals surface area contributed by atoms with Gasteiger partial charge in [-0.15, -0.1) is 0 Å². The molecule has 0 saturated heterocycles. The van der Waals surface area contributed by atoms with Crippen LogP contribution in [-0.2, 0) is 0 Å². The molecule has 92 valence electrons. The third-order valence-electron chi connectivity index (χ3n) is 2.89. The van der Waals surface area contributed by atoms with Gasteiger partial charge in [-0.05, 0) is 36.2 Å². The van der Waals surface area contributed by atoms with E-state index in [2.05, 4.69) is 16.0 Å². The molecule has 1 unspecified atom stereocenters. The van der Waals surface area contributed by atoms with E-state index in [1.54, 1.807) is 13.3 Å². The van der Waals surface area contributed by atoms with Crippen molar-refractivity contribution in [2.45, 2.75) is 19.3 Å². The number of benzene rings is 1. The summed E-state index contributed by atoms with van der Waals surface area (Å²) in [6.45, 7) is 1.98. The number of nitrogens with one attached hydrogen (secondary N) is 1. The molecule has 2 rings (SSSR count). The van der Waals surface area contributed by atoms with E-state index < -0.39 is 0 Å². The first-order valence-electron chi connectivity index (χ1n) is 5.87. The first-order valence-corrected chi connectivity index (χ1v) is 5.87. The molecule has 0 fully saturated rings. The van der Waals surface area contributed by atoms with Crippen LogP contribution in [-0.4, -0.2) is 17.1 Å². The Kier molecular flexibility index (Phi) is 3.63. The van der Waals surface area contributed by atoms with E-state index in [0.717, 1.165) is 29.3 Å². The highest BCUT2D eigenvalue weighted by Gasteiger charge is 2.12. The summed E-state index contributed by atoms with van der Waals surface area (Å²) < 4.78 is 5.11. The molecule has 0 amide bonds. The third kappa shape index (κ3) is 2.35. The van der Waals surface area contributed by atoms with Crippen LogP contribution in [0.2, 0.25) is 0 Å². The molecule has 0 aliphatic carbocycles. The lowest BCUT2D eigenvalue weighted by atomic mass is 10.1. The Hall–Kier alpha value is -2.28. The van der Waals surface area contributed by atoms with Crippen molar-refractivity contribution in [1.29, 1.82) is 5.26 Å². The lowest BCUT2D eigenvalue weighted by Crippen LogP contribution is -1.95. The second kappa shape index (κ2) is 5.37. The zero-order valence-electron chi connectivity index (χ0n) is 10.5. The average molecular weight is 241 g/mol. The summed E-state index contributed by atoms with van der Waals surface area (Å²) in [5.74, 6) is 1.38. The molecular weight excluding hydrogens is 226 g/mol. The minimum Gasteiger partial charge on any atom is -0.497 e. The predicted molar refractivity (Wildman–Crippen MR) is 69.2 cm³/mol. The molecule has 1 aromatic carbocycles. The minimum atomic E-state index is -0.169. The molecular formula is C14H15N3O. The van der Waals surface area contributed by atoms with Crippen LogP contribution < -0.4 is 4.74 Å². The SMILES string of the molecule is CCC(C#N)c1ncc(-c2ccc(OC)cc2)[nH]1. The van der Waals surface area contributed by atoms with Crippen molar-refractivity contribution in [3.05, 3.63) is 36.3 Å². The van der Waals surface area contributed by atoms with Gasteiger partial charge < -0.3 is 9.72 Å². The lowest BCUT2D eigenvalue weighted by molar-refractivity contribution is 0.415. The van der Waals surface area contributed by atoms with Crippen LogP contribution in [0.3, 0.4) is 0 Å². The standard InChI is InChI=1S/C14H15N3O/c1-3-10(8-15)14-16-9-13(17-14)11-4-6-12(18-2)7-5-11/h4-7,9-10H,3H2,1-2H3,(H,16,17). The number of hydrogen-bond acceptors (Lipinski definition) is 3. The van der Waals surface area contributed by atoms with Crippen LogP contribution in [0.5, 0.6) is 5.75 Å². The van der Waals surface area contributed by atoms with Crippen molar-refractivity contribution in [1.82, 2.24) is 9.97 Å². The molecule has 0 radical (unpaired) electrons. The zero-order chi connectivity index (χ0) is 13.0. The van der Waals surface area contributed by atoms with Crippen molar-refractivity contribution >= 4 is 0 Å². The summed E-state index contributed by atoms with van der Waals surface area (Å²) in [4.78, 5) is 7.46. The molecule has 0 bridgehead atoms. The van der Waals surface area contributed by atoms with Gasteiger partial charge in [-0.25, -0.2) is 4.98 Å². The Bertz CT molecular complexity index is 551. The fraction of sp³-hybridized carbons (Fsp3) is 0.286. The Morgan fingerprint density at radius 1 is 1.39 bits per heavy atom. The van der Waals surface area contributed by atoms with Gasteiger partial charge in [0.25, 0.3) is 0 Å². The largest absolute Gasteiger partial charge is 0.497 e. The maximum absolute atomic E-state index is 9.00. The van der Waals surface area contributed by atoms with Crippen LogP contribution in [0.15, 0.2) is 30.5 Å². The molecule has 0 aliphatic rings. The molecule has 1 atom stereocenters. The monoisotopic (exact) mass is 241 g/mol. The maximum Gasteiger partial charge on any atom is 0.123 e. The number of rotatable bonds is 4. The second-order valence-electron chi connectivity index (χ2n) is 4.00. The molecule has 2 aromatic rings. The van der Waals surface area contributed by atoms with Gasteiger partial charge >= 0.3 is 0 Å². The number of imidazole rings is 1. The van der Waals surface area contributed by atoms with Gasteiger partial charge in [0.05, 0.1) is 25.1 Å². The summed E-state index contributed by atoms with van der Waals surface area (Å²) >= 11 is 0. The number of aromatic nitrogens is 2. The van der Waals surface area contributed by atoms with Crippen molar-refractivity contribution in [2.24, 2.45) is 0 Å². The summed E-state index contributed by atoms with van der Waals surface area (Å²) in [5.41, 5.74) is 1.95. The fourth-order valence-corrected chi connectivity index (χ4v) is 1.78. The third-order valence-corrected chi connectivity index (χ3v) is 2.89. The highest BCUT2D eigenvalue weighted by Crippen LogP contribution is 2.23. The van der Waals surface area contributed by atoms with Gasteiger partial charge in [-0.1, -0.05) is 6.92 Å². The first-order chi connectivity index (χ1) is 8.78. The molecule has 4 nitrogen and oxygen atoms in total. The lowest BCUT2D eigenvalue weighted by Gasteiger charge is -2.02. The molecule has 0 saturated carbocycles. The number of nitriles is 1. The van der Waals surface area contributed by atoms with E-state index in [0.29, 0.717) is 0 Å². The number of ether oxygens (including phenoxy) is 1. The van der Waals surface area contributed by atoms with E-state index in [1.165, 1.54) is 0 Å². The Balaban J connectivity index is 2.26. The van der Waals surface area contributed by atoms with E-state index in [-0.39, 0.29) is 5.92 Å². The molecule has 18 heavy (non-hydrogen) atoms. The number of aromatic amines is 1. The Labute approximate surface area is 106 Å². The van der Waals surface area contributed by atoms with Gasteiger partial charge in [-0.2, -0.15) is 5.26 Å². The molecule has 1 aromatic heterocycles. The normalized spacial score (nSPS) is 11.8. The maximum atomic E-state index is 9.00. The van der Waals surface area contributed by atoms with Gasteiger partial charge in [0.1, 0.15) is 17.5 Å². The molecule has 0 spiro atoms. The molecule has 1 N–H and O–H groups in total. The van der Waals surface area contributed by atoms with Crippen LogP contribution >= 0.6 is 0 Å². The van der Waals surface area contributed by atoms with Gasteiger partial charge in [0, 0.05) is 0 Å². The summed E-state index contributed by atoms with van der Waals surface area (Å²) in [7, 11) is 1.64. The quantitative estimate of drug-likeness (QED) is 0.894. The molecule has 0 aliphatic heterocycles. The minimum absolute atomic E-state index is 0.169. The second-order valence-corrected chi connectivity index (χ2v) is 4.00. The van der Waals surface area contributed by atoms with Crippen LogP contribution in [0.4, 0.5) is 0 Å². The summed E-state index contributed by atoms with van der Waals surface area (Å²) in [5, 5.41) is 9.00. The van der Waals surface area contributed by atoms with Gasteiger partial charge in [0.15, 0.2) is 0 Å². The van der Waals surface area contributed by atoms with Crippen molar-refractivity contribution < 1.29 is 4.74 Å². The Morgan fingerprint density at radius 3 is 2.67 bits per heavy atom. The van der Waals surface area contributed by atoms with E-state index in [9.17, 15) is 0 Å². The van der Waals surface area contributed by atoms with Crippen LogP contribution in [0, 0.1) is 11.3 Å². The summed E-state index contributed by atoms with van der Waals surface area (Å²) in [6, 6.07) is 9.96. The van der Waals surface area contributed by atoms with Crippen molar-refractivity contribution in [2.75, 3.05) is 7.11 Å². The van der Waals surface area contributed by atoms with E-state index in [4.69, 9.17) is 10.00 Å². The van der Waals surface area contributed by atoms with Crippen molar-refractivity contribution in [3.63, 3.8) is 0 Å². The molecule has 4 heteroatoms. The zero-order valence-corrected chi connectivity index (χ0v) is 10.5. The smallest absolute Gasteiger partial charge is 0.123 e. The van der Waals surface area contributed by atoms with E-state index >= 15 is 0 Å². The number of methoxy groups -OCH3 is 1. The topological polar surface area (TPSA) is 61.7 Å². The molecule has 1 heterocycles. The van der Waals surface area contributed by atoms with Crippen LogP contribution in [0.1, 0.15) is 25.1 Å². The van der Waals surface area contributed by atoms with Gasteiger partial charge in [0.2, 0.25) is 0 Å². The highest BCUT2D eigenvalue weighted by molar-refractivity contribution is 5.59. The van der Waals surface area contributed by atoms with E-state index in [1.807, 2.05) is 31.2 Å². The van der Waals surface area contributed by atoms with Crippen molar-refractivity contribution in [3.8, 4) is 23.1 Å². The first kappa shape index (κ1) is 12.2. The number of hydrogen-bond donors (Lipinski definition) is 1. The predicted octanol–water partition coefficient (Wildman–Crippen LogP) is 3.10. The Morgan fingerprint density at radius 2 is 2.11 bits per heavy atom. The average Bonchev–Trinajstić information content (AvgIpc) is 2.90. The summed E-state index contributed by atoms with van der Waals surface area (Å²) in [6.07, 6.45) is 2.52. The fourth-order valence-electron chi connectivity index (χ4n) is 1.78.